The molecule has 2 amide bonds. The van der Waals surface area contributed by atoms with Gasteiger partial charge in [-0.05, 0) is 35.5 Å². The van der Waals surface area contributed by atoms with Crippen LogP contribution in [0.5, 0.6) is 11.6 Å². The van der Waals surface area contributed by atoms with E-state index in [1.807, 2.05) is 0 Å². The summed E-state index contributed by atoms with van der Waals surface area (Å²) in [7, 11) is 0. The van der Waals surface area contributed by atoms with Crippen LogP contribution in [0.25, 0.3) is 6.08 Å². The molecule has 1 saturated heterocycles. The van der Waals surface area contributed by atoms with Crippen molar-refractivity contribution in [1.82, 2.24) is 15.3 Å². The Bertz CT molecular complexity index is 714. The van der Waals surface area contributed by atoms with Crippen LogP contribution in [0.15, 0.2) is 47.8 Å². The highest BCUT2D eigenvalue weighted by Crippen LogP contribution is 2.26. The Hall–Kier alpha value is -2.67. The number of imide groups is 1. The van der Waals surface area contributed by atoms with Crippen LogP contribution in [0.1, 0.15) is 5.56 Å². The molecule has 3 rings (SSSR count). The Kier molecular flexibility index (Phi) is 3.65. The molecule has 1 fully saturated rings. The molecule has 1 aromatic carbocycles. The van der Waals surface area contributed by atoms with Gasteiger partial charge < -0.3 is 4.74 Å². The van der Waals surface area contributed by atoms with Crippen LogP contribution in [0.2, 0.25) is 0 Å². The number of hydrogen-bond acceptors (Lipinski definition) is 6. The van der Waals surface area contributed by atoms with Gasteiger partial charge in [0.1, 0.15) is 5.75 Å². The van der Waals surface area contributed by atoms with Gasteiger partial charge in [-0.1, -0.05) is 12.1 Å². The fourth-order valence-corrected chi connectivity index (χ4v) is 2.35. The van der Waals surface area contributed by atoms with Gasteiger partial charge in [0.15, 0.2) is 0 Å². The molecule has 104 valence electrons. The highest BCUT2D eigenvalue weighted by atomic mass is 32.2. The highest BCUT2D eigenvalue weighted by molar-refractivity contribution is 8.18. The molecule has 1 N–H and O–H groups in total. The van der Waals surface area contributed by atoms with Crippen molar-refractivity contribution >= 4 is 29.0 Å². The van der Waals surface area contributed by atoms with E-state index in [1.165, 1.54) is 6.20 Å². The molecule has 0 saturated carbocycles. The molecule has 0 spiro atoms. The first kappa shape index (κ1) is 13.3. The molecule has 21 heavy (non-hydrogen) atoms. The predicted octanol–water partition coefficient (Wildman–Crippen LogP) is 2.59. The van der Waals surface area contributed by atoms with Gasteiger partial charge in [-0.3, -0.25) is 19.9 Å². The van der Waals surface area contributed by atoms with Crippen molar-refractivity contribution in [3.05, 3.63) is 53.3 Å². The second kappa shape index (κ2) is 5.76. The third-order valence-electron chi connectivity index (χ3n) is 2.58. The monoisotopic (exact) mass is 299 g/mol. The summed E-state index contributed by atoms with van der Waals surface area (Å²) in [5.41, 5.74) is 0.800. The third-order valence-corrected chi connectivity index (χ3v) is 3.39. The van der Waals surface area contributed by atoms with Gasteiger partial charge in [-0.15, -0.1) is 0 Å². The zero-order chi connectivity index (χ0) is 14.7. The average Bonchev–Trinajstić information content (AvgIpc) is 2.80. The highest BCUT2D eigenvalue weighted by Gasteiger charge is 2.24. The number of amides is 2. The van der Waals surface area contributed by atoms with Crippen molar-refractivity contribution in [2.24, 2.45) is 0 Å². The van der Waals surface area contributed by atoms with Crippen LogP contribution >= 0.6 is 11.8 Å². The van der Waals surface area contributed by atoms with Gasteiger partial charge in [-0.25, -0.2) is 4.98 Å². The maximum absolute atomic E-state index is 11.4. The molecule has 7 heteroatoms. The molecular weight excluding hydrogens is 290 g/mol. The molecule has 1 aliphatic heterocycles. The Labute approximate surface area is 124 Å². The second-order valence-corrected chi connectivity index (χ2v) is 5.08. The Balaban J connectivity index is 1.74. The molecule has 1 aromatic heterocycles. The van der Waals surface area contributed by atoms with Crippen LogP contribution in [0.3, 0.4) is 0 Å². The van der Waals surface area contributed by atoms with Gasteiger partial charge in [0, 0.05) is 12.4 Å². The molecule has 6 nitrogen and oxygen atoms in total. The van der Waals surface area contributed by atoms with E-state index in [2.05, 4.69) is 15.3 Å². The quantitative estimate of drug-likeness (QED) is 0.877. The van der Waals surface area contributed by atoms with E-state index < -0.39 is 0 Å². The number of hydrogen-bond donors (Lipinski definition) is 1. The molecule has 0 aliphatic carbocycles. The molecule has 0 atom stereocenters. The Morgan fingerprint density at radius 3 is 2.57 bits per heavy atom. The number of thioether (sulfide) groups is 1. The minimum absolute atomic E-state index is 0.353. The SMILES string of the molecule is O=C1NC(=O)C(=Cc2ccc(Oc3cnccn3)cc2)S1. The van der Waals surface area contributed by atoms with Gasteiger partial charge in [0.2, 0.25) is 5.88 Å². The number of nitrogens with zero attached hydrogens (tertiary/aromatic N) is 2. The van der Waals surface area contributed by atoms with Crippen LogP contribution in [-0.2, 0) is 4.79 Å². The van der Waals surface area contributed by atoms with E-state index in [1.54, 1.807) is 42.7 Å². The first-order chi connectivity index (χ1) is 10.2. The number of carbonyl (C=O) groups excluding carboxylic acids is 2. The molecule has 2 aromatic rings. The number of ether oxygens (including phenoxy) is 1. The molecule has 2 heterocycles. The number of carbonyl (C=O) groups is 2. The fourth-order valence-electron chi connectivity index (χ4n) is 1.66. The Morgan fingerprint density at radius 1 is 1.14 bits per heavy atom. The second-order valence-electron chi connectivity index (χ2n) is 4.07. The maximum atomic E-state index is 11.4. The summed E-state index contributed by atoms with van der Waals surface area (Å²) in [6.07, 6.45) is 6.27. The van der Waals surface area contributed by atoms with Crippen LogP contribution in [0.4, 0.5) is 4.79 Å². The lowest BCUT2D eigenvalue weighted by molar-refractivity contribution is -0.115. The van der Waals surface area contributed by atoms with Crippen LogP contribution in [-0.4, -0.2) is 21.1 Å². The Morgan fingerprint density at radius 2 is 1.95 bits per heavy atom. The number of rotatable bonds is 3. The van der Waals surface area contributed by atoms with Crippen molar-refractivity contribution in [1.29, 1.82) is 0 Å². The van der Waals surface area contributed by atoms with Crippen molar-refractivity contribution in [2.75, 3.05) is 0 Å². The van der Waals surface area contributed by atoms with Crippen LogP contribution in [0, 0.1) is 0 Å². The lowest BCUT2D eigenvalue weighted by Crippen LogP contribution is -2.17. The predicted molar refractivity (Wildman–Crippen MR) is 77.7 cm³/mol. The standard InChI is InChI=1S/C14H9N3O3S/c18-13-11(21-14(19)17-13)7-9-1-3-10(4-2-9)20-12-8-15-5-6-16-12/h1-8H,(H,17,18,19). The van der Waals surface area contributed by atoms with Gasteiger partial charge >= 0.3 is 0 Å². The molecule has 0 bridgehead atoms. The van der Waals surface area contributed by atoms with Crippen LogP contribution < -0.4 is 10.1 Å². The molecule has 0 unspecified atom stereocenters. The lowest BCUT2D eigenvalue weighted by atomic mass is 10.2. The zero-order valence-corrected chi connectivity index (χ0v) is 11.5. The van der Waals surface area contributed by atoms with E-state index in [0.717, 1.165) is 17.3 Å². The fraction of sp³-hybridized carbons (Fsp3) is 0. The topological polar surface area (TPSA) is 81.2 Å². The minimum Gasteiger partial charge on any atom is -0.438 e. The molecule has 1 aliphatic rings. The average molecular weight is 299 g/mol. The van der Waals surface area contributed by atoms with Crippen molar-refractivity contribution in [3.63, 3.8) is 0 Å². The van der Waals surface area contributed by atoms with E-state index in [4.69, 9.17) is 4.74 Å². The third kappa shape index (κ3) is 3.26. The molecular formula is C14H9N3O3S. The minimum atomic E-state index is -0.370. The number of aromatic nitrogens is 2. The summed E-state index contributed by atoms with van der Waals surface area (Å²) in [6.45, 7) is 0. The number of nitrogens with one attached hydrogen (secondary N) is 1. The summed E-state index contributed by atoms with van der Waals surface area (Å²) in [6, 6.07) is 7.07. The van der Waals surface area contributed by atoms with Crippen molar-refractivity contribution < 1.29 is 14.3 Å². The summed E-state index contributed by atoms with van der Waals surface area (Å²) >= 11 is 0.887. The van der Waals surface area contributed by atoms with Gasteiger partial charge in [0.25, 0.3) is 11.1 Å². The van der Waals surface area contributed by atoms with E-state index in [-0.39, 0.29) is 11.1 Å². The summed E-state index contributed by atoms with van der Waals surface area (Å²) in [5, 5.41) is 1.86. The smallest absolute Gasteiger partial charge is 0.290 e. The van der Waals surface area contributed by atoms with E-state index in [9.17, 15) is 9.59 Å². The molecule has 0 radical (unpaired) electrons. The zero-order valence-electron chi connectivity index (χ0n) is 10.6. The van der Waals surface area contributed by atoms with Crippen molar-refractivity contribution in [2.45, 2.75) is 0 Å². The van der Waals surface area contributed by atoms with E-state index in [0.29, 0.717) is 16.5 Å². The van der Waals surface area contributed by atoms with Gasteiger partial charge in [0.05, 0.1) is 11.1 Å². The summed E-state index contributed by atoms with van der Waals surface area (Å²) < 4.78 is 5.51. The van der Waals surface area contributed by atoms with Crippen molar-refractivity contribution in [3.8, 4) is 11.6 Å². The largest absolute Gasteiger partial charge is 0.438 e. The first-order valence-electron chi connectivity index (χ1n) is 5.99. The normalized spacial score (nSPS) is 16.1. The van der Waals surface area contributed by atoms with E-state index >= 15 is 0 Å². The summed E-state index contributed by atoms with van der Waals surface area (Å²) in [4.78, 5) is 30.8. The number of benzene rings is 1. The lowest BCUT2D eigenvalue weighted by Gasteiger charge is -2.03. The van der Waals surface area contributed by atoms with Gasteiger partial charge in [-0.2, -0.15) is 0 Å². The summed E-state index contributed by atoms with van der Waals surface area (Å²) in [5.74, 6) is 0.641. The maximum Gasteiger partial charge on any atom is 0.290 e. The first-order valence-corrected chi connectivity index (χ1v) is 6.81.